The summed E-state index contributed by atoms with van der Waals surface area (Å²) >= 11 is 2.26. The molecule has 0 atom stereocenters. The molecule has 2 aromatic rings. The molecule has 0 saturated heterocycles. The largest absolute Gasteiger partial charge is 0.385 e. The maximum Gasteiger partial charge on any atom is 0.257 e. The third kappa shape index (κ3) is 3.50. The van der Waals surface area contributed by atoms with Gasteiger partial charge >= 0.3 is 0 Å². The summed E-state index contributed by atoms with van der Waals surface area (Å²) in [6.07, 6.45) is 0. The van der Waals surface area contributed by atoms with Gasteiger partial charge in [-0.1, -0.05) is 12.1 Å². The van der Waals surface area contributed by atoms with Crippen molar-refractivity contribution in [2.24, 2.45) is 0 Å². The van der Waals surface area contributed by atoms with E-state index in [1.807, 2.05) is 56.3 Å². The summed E-state index contributed by atoms with van der Waals surface area (Å²) in [5, 5.41) is 6.17. The number of halogens is 1. The van der Waals surface area contributed by atoms with Crippen molar-refractivity contribution in [2.45, 2.75) is 13.8 Å². The van der Waals surface area contributed by atoms with E-state index in [4.69, 9.17) is 0 Å². The van der Waals surface area contributed by atoms with Gasteiger partial charge in [0.25, 0.3) is 5.91 Å². The third-order valence-electron chi connectivity index (χ3n) is 2.98. The summed E-state index contributed by atoms with van der Waals surface area (Å²) in [7, 11) is 0. The summed E-state index contributed by atoms with van der Waals surface area (Å²) in [4.78, 5) is 12.4. The number of nitrogens with one attached hydrogen (secondary N) is 2. The van der Waals surface area contributed by atoms with Crippen LogP contribution in [0.15, 0.2) is 42.5 Å². The predicted molar refractivity (Wildman–Crippen MR) is 92.5 cm³/mol. The van der Waals surface area contributed by atoms with Gasteiger partial charge in [-0.15, -0.1) is 0 Å². The van der Waals surface area contributed by atoms with Crippen LogP contribution < -0.4 is 10.6 Å². The SMILES string of the molecule is CCNc1ccccc1C(=O)Nc1ccc(I)cc1C. The molecular formula is C16H17IN2O. The van der Waals surface area contributed by atoms with Crippen molar-refractivity contribution in [2.75, 3.05) is 17.2 Å². The maximum absolute atomic E-state index is 12.4. The van der Waals surface area contributed by atoms with Crippen molar-refractivity contribution in [3.63, 3.8) is 0 Å². The van der Waals surface area contributed by atoms with Crippen LogP contribution in [0.4, 0.5) is 11.4 Å². The second-order valence-corrected chi connectivity index (χ2v) is 5.73. The van der Waals surface area contributed by atoms with E-state index in [9.17, 15) is 4.79 Å². The highest BCUT2D eigenvalue weighted by Crippen LogP contribution is 2.21. The minimum atomic E-state index is -0.0918. The maximum atomic E-state index is 12.4. The van der Waals surface area contributed by atoms with E-state index in [0.29, 0.717) is 5.56 Å². The number of hydrogen-bond donors (Lipinski definition) is 2. The fourth-order valence-corrected chi connectivity index (χ4v) is 2.63. The summed E-state index contributed by atoms with van der Waals surface area (Å²) in [5.74, 6) is -0.0918. The Morgan fingerprint density at radius 1 is 1.15 bits per heavy atom. The van der Waals surface area contributed by atoms with E-state index in [2.05, 4.69) is 33.2 Å². The molecule has 0 fully saturated rings. The first kappa shape index (κ1) is 14.8. The zero-order valence-electron chi connectivity index (χ0n) is 11.5. The van der Waals surface area contributed by atoms with Gasteiger partial charge in [-0.2, -0.15) is 0 Å². The number of rotatable bonds is 4. The topological polar surface area (TPSA) is 41.1 Å². The molecule has 0 unspecified atom stereocenters. The van der Waals surface area contributed by atoms with Crippen LogP contribution in [0.1, 0.15) is 22.8 Å². The van der Waals surface area contributed by atoms with Crippen molar-refractivity contribution in [1.29, 1.82) is 0 Å². The zero-order chi connectivity index (χ0) is 14.5. The van der Waals surface area contributed by atoms with Crippen molar-refractivity contribution in [3.05, 3.63) is 57.2 Å². The zero-order valence-corrected chi connectivity index (χ0v) is 13.7. The molecule has 2 N–H and O–H groups in total. The van der Waals surface area contributed by atoms with E-state index < -0.39 is 0 Å². The van der Waals surface area contributed by atoms with Gasteiger partial charge in [-0.25, -0.2) is 0 Å². The number of carbonyl (C=O) groups excluding carboxylic acids is 1. The molecule has 0 spiro atoms. The number of carbonyl (C=O) groups is 1. The van der Waals surface area contributed by atoms with E-state index in [1.165, 1.54) is 0 Å². The normalized spacial score (nSPS) is 10.2. The molecular weight excluding hydrogens is 363 g/mol. The quantitative estimate of drug-likeness (QED) is 0.778. The van der Waals surface area contributed by atoms with Crippen molar-refractivity contribution in [1.82, 2.24) is 0 Å². The standard InChI is InChI=1S/C16H17IN2O/c1-3-18-15-7-5-4-6-13(15)16(20)19-14-9-8-12(17)10-11(14)2/h4-10,18H,3H2,1-2H3,(H,19,20). The van der Waals surface area contributed by atoms with E-state index in [1.54, 1.807) is 0 Å². The monoisotopic (exact) mass is 380 g/mol. The minimum Gasteiger partial charge on any atom is -0.385 e. The Labute approximate surface area is 132 Å². The van der Waals surface area contributed by atoms with Gasteiger partial charge in [0.15, 0.2) is 0 Å². The predicted octanol–water partition coefficient (Wildman–Crippen LogP) is 4.28. The van der Waals surface area contributed by atoms with E-state index in [0.717, 1.165) is 27.1 Å². The molecule has 2 rings (SSSR count). The van der Waals surface area contributed by atoms with Crippen molar-refractivity contribution < 1.29 is 4.79 Å². The Kier molecular flexibility index (Phi) is 5.00. The highest BCUT2D eigenvalue weighted by atomic mass is 127. The van der Waals surface area contributed by atoms with Crippen LogP contribution in [0, 0.1) is 10.5 Å². The van der Waals surface area contributed by atoms with Gasteiger partial charge in [0.05, 0.1) is 5.56 Å². The molecule has 0 aliphatic heterocycles. The average Bonchev–Trinajstić information content (AvgIpc) is 2.43. The van der Waals surface area contributed by atoms with Crippen LogP contribution in [-0.4, -0.2) is 12.5 Å². The number of benzene rings is 2. The fourth-order valence-electron chi connectivity index (χ4n) is 1.98. The molecule has 20 heavy (non-hydrogen) atoms. The van der Waals surface area contributed by atoms with Gasteiger partial charge in [-0.05, 0) is 72.3 Å². The van der Waals surface area contributed by atoms with Crippen molar-refractivity contribution in [3.8, 4) is 0 Å². The lowest BCUT2D eigenvalue weighted by atomic mass is 10.1. The second kappa shape index (κ2) is 6.74. The number of hydrogen-bond acceptors (Lipinski definition) is 2. The lowest BCUT2D eigenvalue weighted by Crippen LogP contribution is -2.15. The molecule has 2 aromatic carbocycles. The molecule has 0 radical (unpaired) electrons. The Morgan fingerprint density at radius 3 is 2.60 bits per heavy atom. The molecule has 3 nitrogen and oxygen atoms in total. The first-order valence-corrected chi connectivity index (χ1v) is 7.60. The van der Waals surface area contributed by atoms with Crippen LogP contribution in [0.5, 0.6) is 0 Å². The lowest BCUT2D eigenvalue weighted by molar-refractivity contribution is 0.102. The summed E-state index contributed by atoms with van der Waals surface area (Å²) in [6, 6.07) is 13.5. The Balaban J connectivity index is 2.24. The highest BCUT2D eigenvalue weighted by Gasteiger charge is 2.11. The lowest BCUT2D eigenvalue weighted by Gasteiger charge is -2.12. The Morgan fingerprint density at radius 2 is 1.90 bits per heavy atom. The Hall–Kier alpha value is -1.56. The van der Waals surface area contributed by atoms with Gasteiger partial charge in [0, 0.05) is 21.5 Å². The number of aryl methyl sites for hydroxylation is 1. The number of amides is 1. The van der Waals surface area contributed by atoms with E-state index >= 15 is 0 Å². The molecule has 4 heteroatoms. The van der Waals surface area contributed by atoms with Crippen molar-refractivity contribution >= 4 is 39.9 Å². The number of para-hydroxylation sites is 1. The molecule has 1 amide bonds. The van der Waals surface area contributed by atoms with Crippen LogP contribution in [0.3, 0.4) is 0 Å². The fraction of sp³-hybridized carbons (Fsp3) is 0.188. The van der Waals surface area contributed by atoms with Gasteiger partial charge in [0.2, 0.25) is 0 Å². The van der Waals surface area contributed by atoms with Gasteiger partial charge in [-0.3, -0.25) is 4.79 Å². The molecule has 0 saturated carbocycles. The second-order valence-electron chi connectivity index (χ2n) is 4.49. The summed E-state index contributed by atoms with van der Waals surface area (Å²) < 4.78 is 1.16. The minimum absolute atomic E-state index is 0.0918. The molecule has 104 valence electrons. The van der Waals surface area contributed by atoms with Crippen LogP contribution in [-0.2, 0) is 0 Å². The third-order valence-corrected chi connectivity index (χ3v) is 3.65. The summed E-state index contributed by atoms with van der Waals surface area (Å²) in [5.41, 5.74) is 3.43. The molecule has 0 aliphatic carbocycles. The molecule has 0 aliphatic rings. The average molecular weight is 380 g/mol. The van der Waals surface area contributed by atoms with Crippen LogP contribution >= 0.6 is 22.6 Å². The first-order valence-electron chi connectivity index (χ1n) is 6.52. The van der Waals surface area contributed by atoms with Crippen LogP contribution in [0.25, 0.3) is 0 Å². The smallest absolute Gasteiger partial charge is 0.257 e. The summed E-state index contributed by atoms with van der Waals surface area (Å²) in [6.45, 7) is 4.79. The van der Waals surface area contributed by atoms with Gasteiger partial charge in [0.1, 0.15) is 0 Å². The van der Waals surface area contributed by atoms with Gasteiger partial charge < -0.3 is 10.6 Å². The molecule has 0 aromatic heterocycles. The van der Waals surface area contributed by atoms with Crippen LogP contribution in [0.2, 0.25) is 0 Å². The molecule has 0 bridgehead atoms. The number of anilines is 2. The van der Waals surface area contributed by atoms with E-state index in [-0.39, 0.29) is 5.91 Å². The Bertz CT molecular complexity index is 626. The highest BCUT2D eigenvalue weighted by molar-refractivity contribution is 14.1. The first-order chi connectivity index (χ1) is 9.61. The molecule has 0 heterocycles.